The van der Waals surface area contributed by atoms with Gasteiger partial charge in [-0.05, 0) is 31.4 Å². The fourth-order valence-electron chi connectivity index (χ4n) is 1.97. The van der Waals surface area contributed by atoms with Gasteiger partial charge in [0.2, 0.25) is 0 Å². The standard InChI is InChI=1S/C16H19ClN2O/c1-3-14(18)7-12-6-11(2)4-5-16(12)20-15-8-13(17)9-19-10-15/h4-6,8-10,14H,3,7,18H2,1-2H3. The molecule has 4 heteroatoms. The smallest absolute Gasteiger partial charge is 0.147 e. The maximum absolute atomic E-state index is 6.05. The lowest BCUT2D eigenvalue weighted by Gasteiger charge is -2.15. The van der Waals surface area contributed by atoms with E-state index in [-0.39, 0.29) is 6.04 Å². The van der Waals surface area contributed by atoms with Crippen molar-refractivity contribution in [2.75, 3.05) is 0 Å². The summed E-state index contributed by atoms with van der Waals surface area (Å²) in [6, 6.07) is 7.99. The zero-order chi connectivity index (χ0) is 14.5. The minimum Gasteiger partial charge on any atom is -0.455 e. The minimum atomic E-state index is 0.136. The zero-order valence-corrected chi connectivity index (χ0v) is 12.5. The molecule has 3 nitrogen and oxygen atoms in total. The van der Waals surface area contributed by atoms with Crippen LogP contribution in [0.4, 0.5) is 0 Å². The molecule has 20 heavy (non-hydrogen) atoms. The van der Waals surface area contributed by atoms with E-state index in [1.165, 1.54) is 5.56 Å². The molecule has 1 unspecified atom stereocenters. The van der Waals surface area contributed by atoms with Crippen LogP contribution in [-0.2, 0) is 6.42 Å². The predicted octanol–water partition coefficient (Wildman–Crippen LogP) is 4.12. The molecule has 1 aromatic carbocycles. The largest absolute Gasteiger partial charge is 0.455 e. The Morgan fingerprint density at radius 1 is 1.30 bits per heavy atom. The Kier molecular flexibility index (Phi) is 4.99. The topological polar surface area (TPSA) is 48.1 Å². The molecule has 0 bridgehead atoms. The third-order valence-corrected chi connectivity index (χ3v) is 3.34. The van der Waals surface area contributed by atoms with Crippen molar-refractivity contribution in [3.05, 3.63) is 52.8 Å². The van der Waals surface area contributed by atoms with Crippen LogP contribution in [-0.4, -0.2) is 11.0 Å². The molecular formula is C16H19ClN2O. The second-order valence-corrected chi connectivity index (χ2v) is 5.36. The normalized spacial score (nSPS) is 12.2. The lowest BCUT2D eigenvalue weighted by molar-refractivity contribution is 0.470. The van der Waals surface area contributed by atoms with Gasteiger partial charge in [-0.25, -0.2) is 0 Å². The summed E-state index contributed by atoms with van der Waals surface area (Å²) in [5.74, 6) is 1.44. The van der Waals surface area contributed by atoms with E-state index in [9.17, 15) is 0 Å². The molecule has 1 aromatic heterocycles. The van der Waals surface area contributed by atoms with Crippen molar-refractivity contribution in [1.29, 1.82) is 0 Å². The number of aryl methyl sites for hydroxylation is 1. The average Bonchev–Trinajstić information content (AvgIpc) is 2.42. The van der Waals surface area contributed by atoms with Crippen molar-refractivity contribution < 1.29 is 4.74 Å². The monoisotopic (exact) mass is 290 g/mol. The van der Waals surface area contributed by atoms with Gasteiger partial charge >= 0.3 is 0 Å². The number of pyridine rings is 1. The first kappa shape index (κ1) is 14.8. The number of ether oxygens (including phenoxy) is 1. The molecule has 0 radical (unpaired) electrons. The Balaban J connectivity index is 2.26. The van der Waals surface area contributed by atoms with E-state index in [0.717, 1.165) is 24.2 Å². The van der Waals surface area contributed by atoms with Gasteiger partial charge in [0.1, 0.15) is 11.5 Å². The van der Waals surface area contributed by atoms with Crippen LogP contribution in [0.15, 0.2) is 36.7 Å². The fourth-order valence-corrected chi connectivity index (χ4v) is 2.13. The van der Waals surface area contributed by atoms with Crippen LogP contribution in [0.2, 0.25) is 5.02 Å². The summed E-state index contributed by atoms with van der Waals surface area (Å²) < 4.78 is 5.89. The molecule has 2 aromatic rings. The quantitative estimate of drug-likeness (QED) is 0.901. The molecule has 2 N–H and O–H groups in total. The zero-order valence-electron chi connectivity index (χ0n) is 11.8. The van der Waals surface area contributed by atoms with E-state index in [2.05, 4.69) is 24.9 Å². The van der Waals surface area contributed by atoms with Crippen molar-refractivity contribution >= 4 is 11.6 Å². The van der Waals surface area contributed by atoms with Crippen molar-refractivity contribution in [1.82, 2.24) is 4.98 Å². The first-order valence-electron chi connectivity index (χ1n) is 6.72. The average molecular weight is 291 g/mol. The summed E-state index contributed by atoms with van der Waals surface area (Å²) in [7, 11) is 0. The highest BCUT2D eigenvalue weighted by atomic mass is 35.5. The van der Waals surface area contributed by atoms with Crippen molar-refractivity contribution in [3.63, 3.8) is 0 Å². The van der Waals surface area contributed by atoms with Gasteiger partial charge in [0, 0.05) is 18.3 Å². The van der Waals surface area contributed by atoms with Crippen LogP contribution in [0, 0.1) is 6.92 Å². The second kappa shape index (κ2) is 6.73. The van der Waals surface area contributed by atoms with Gasteiger partial charge in [0.15, 0.2) is 0 Å². The number of nitrogens with two attached hydrogens (primary N) is 1. The number of hydrogen-bond donors (Lipinski definition) is 1. The van der Waals surface area contributed by atoms with Crippen LogP contribution in [0.5, 0.6) is 11.5 Å². The lowest BCUT2D eigenvalue weighted by Crippen LogP contribution is -2.21. The van der Waals surface area contributed by atoms with Crippen LogP contribution >= 0.6 is 11.6 Å². The molecule has 0 saturated heterocycles. The highest BCUT2D eigenvalue weighted by Crippen LogP contribution is 2.28. The van der Waals surface area contributed by atoms with Gasteiger partial charge in [0.05, 0.1) is 11.2 Å². The van der Waals surface area contributed by atoms with E-state index < -0.39 is 0 Å². The SMILES string of the molecule is CCC(N)Cc1cc(C)ccc1Oc1cncc(Cl)c1. The lowest BCUT2D eigenvalue weighted by atomic mass is 10.0. The molecule has 106 valence electrons. The van der Waals surface area contributed by atoms with E-state index in [4.69, 9.17) is 22.1 Å². The van der Waals surface area contributed by atoms with Crippen LogP contribution in [0.25, 0.3) is 0 Å². The Bertz CT molecular complexity index is 586. The molecule has 0 amide bonds. The molecule has 0 aliphatic rings. The van der Waals surface area contributed by atoms with Crippen molar-refractivity contribution in [2.24, 2.45) is 5.73 Å². The van der Waals surface area contributed by atoms with Crippen LogP contribution < -0.4 is 10.5 Å². The molecule has 0 fully saturated rings. The molecule has 1 heterocycles. The Hall–Kier alpha value is -1.58. The number of benzene rings is 1. The molecule has 1 atom stereocenters. The van der Waals surface area contributed by atoms with E-state index in [1.54, 1.807) is 18.5 Å². The maximum atomic E-state index is 6.05. The molecule has 0 aliphatic carbocycles. The Labute approximate surface area is 124 Å². The van der Waals surface area contributed by atoms with E-state index in [1.807, 2.05) is 12.1 Å². The molecule has 0 spiro atoms. The van der Waals surface area contributed by atoms with Gasteiger partial charge in [-0.15, -0.1) is 0 Å². The summed E-state index contributed by atoms with van der Waals surface area (Å²) in [5, 5.41) is 0.557. The van der Waals surface area contributed by atoms with Gasteiger partial charge in [-0.1, -0.05) is 36.2 Å². The summed E-state index contributed by atoms with van der Waals surface area (Å²) in [5.41, 5.74) is 8.36. The Morgan fingerprint density at radius 3 is 2.80 bits per heavy atom. The maximum Gasteiger partial charge on any atom is 0.147 e. The third-order valence-electron chi connectivity index (χ3n) is 3.13. The predicted molar refractivity (Wildman–Crippen MR) is 82.5 cm³/mol. The summed E-state index contributed by atoms with van der Waals surface area (Å²) >= 11 is 5.92. The first-order chi connectivity index (χ1) is 9.58. The number of aromatic nitrogens is 1. The number of hydrogen-bond acceptors (Lipinski definition) is 3. The minimum absolute atomic E-state index is 0.136. The van der Waals surface area contributed by atoms with Gasteiger partial charge < -0.3 is 10.5 Å². The second-order valence-electron chi connectivity index (χ2n) is 4.92. The van der Waals surface area contributed by atoms with E-state index >= 15 is 0 Å². The van der Waals surface area contributed by atoms with E-state index in [0.29, 0.717) is 10.8 Å². The first-order valence-corrected chi connectivity index (χ1v) is 7.09. The third kappa shape index (κ3) is 3.95. The fraction of sp³-hybridized carbons (Fsp3) is 0.312. The number of rotatable bonds is 5. The highest BCUT2D eigenvalue weighted by Gasteiger charge is 2.09. The van der Waals surface area contributed by atoms with Gasteiger partial charge in [-0.3, -0.25) is 4.98 Å². The molecule has 0 aliphatic heterocycles. The van der Waals surface area contributed by atoms with Gasteiger partial charge in [-0.2, -0.15) is 0 Å². The molecular weight excluding hydrogens is 272 g/mol. The number of nitrogens with zero attached hydrogens (tertiary/aromatic N) is 1. The highest BCUT2D eigenvalue weighted by molar-refractivity contribution is 6.30. The van der Waals surface area contributed by atoms with Crippen molar-refractivity contribution in [3.8, 4) is 11.5 Å². The summed E-state index contributed by atoms with van der Waals surface area (Å²) in [6.45, 7) is 4.15. The summed E-state index contributed by atoms with van der Waals surface area (Å²) in [4.78, 5) is 4.02. The molecule has 2 rings (SSSR count). The summed E-state index contributed by atoms with van der Waals surface area (Å²) in [6.07, 6.45) is 4.96. The molecule has 0 saturated carbocycles. The van der Waals surface area contributed by atoms with Crippen LogP contribution in [0.1, 0.15) is 24.5 Å². The van der Waals surface area contributed by atoms with Gasteiger partial charge in [0.25, 0.3) is 0 Å². The van der Waals surface area contributed by atoms with Crippen LogP contribution in [0.3, 0.4) is 0 Å². The Morgan fingerprint density at radius 2 is 2.10 bits per heavy atom. The number of halogens is 1. The van der Waals surface area contributed by atoms with Crippen molar-refractivity contribution in [2.45, 2.75) is 32.7 Å².